The molecule has 0 radical (unpaired) electrons. The van der Waals surface area contributed by atoms with E-state index in [4.69, 9.17) is 9.52 Å². The molecule has 1 rings (SSSR count). The third-order valence-corrected chi connectivity index (χ3v) is 2.48. The van der Waals surface area contributed by atoms with Crippen molar-refractivity contribution in [1.82, 2.24) is 15.6 Å². The second kappa shape index (κ2) is 6.58. The van der Waals surface area contributed by atoms with Gasteiger partial charge in [-0.1, -0.05) is 6.08 Å². The number of carboxylic acids is 1. The molecule has 0 aromatic carbocycles. The van der Waals surface area contributed by atoms with Crippen LogP contribution in [0, 0.1) is 13.8 Å². The number of nitrogens with one attached hydrogen (secondary N) is 2. The van der Waals surface area contributed by atoms with Gasteiger partial charge in [0.25, 0.3) is 0 Å². The van der Waals surface area contributed by atoms with Crippen molar-refractivity contribution in [2.45, 2.75) is 32.9 Å². The number of aliphatic carboxylic acids is 1. The second-order valence-corrected chi connectivity index (χ2v) is 3.99. The standard InChI is InChI=1S/C12H17N3O4/c1-4-5-9(11(16)17)15-12(18)13-6-10-14-7(2)8(3)19-10/h4,9H,1,5-6H2,2-3H3,(H,16,17)(H2,13,15,18). The van der Waals surface area contributed by atoms with Crippen molar-refractivity contribution in [3.8, 4) is 0 Å². The van der Waals surface area contributed by atoms with Gasteiger partial charge in [-0.15, -0.1) is 6.58 Å². The second-order valence-electron chi connectivity index (χ2n) is 3.99. The Kier molecular flexibility index (Phi) is 5.11. The first-order valence-electron chi connectivity index (χ1n) is 5.75. The maximum Gasteiger partial charge on any atom is 0.326 e. The van der Waals surface area contributed by atoms with Crippen LogP contribution in [0.4, 0.5) is 4.79 Å². The summed E-state index contributed by atoms with van der Waals surface area (Å²) in [5.74, 6) is -0.0501. The summed E-state index contributed by atoms with van der Waals surface area (Å²) in [6.45, 7) is 7.11. The molecule has 0 spiro atoms. The highest BCUT2D eigenvalue weighted by molar-refractivity contribution is 5.82. The van der Waals surface area contributed by atoms with Crippen molar-refractivity contribution in [2.75, 3.05) is 0 Å². The smallest absolute Gasteiger partial charge is 0.326 e. The van der Waals surface area contributed by atoms with E-state index in [2.05, 4.69) is 22.2 Å². The van der Waals surface area contributed by atoms with Gasteiger partial charge in [-0.25, -0.2) is 14.6 Å². The van der Waals surface area contributed by atoms with E-state index in [1.165, 1.54) is 6.08 Å². The predicted molar refractivity (Wildman–Crippen MR) is 67.6 cm³/mol. The zero-order chi connectivity index (χ0) is 14.4. The zero-order valence-electron chi connectivity index (χ0n) is 10.9. The fourth-order valence-electron chi connectivity index (χ4n) is 1.37. The fraction of sp³-hybridized carbons (Fsp3) is 0.417. The number of rotatable bonds is 6. The lowest BCUT2D eigenvalue weighted by atomic mass is 10.2. The molecular formula is C12H17N3O4. The number of carboxylic acid groups (broad SMARTS) is 1. The third-order valence-electron chi connectivity index (χ3n) is 2.48. The molecular weight excluding hydrogens is 250 g/mol. The van der Waals surface area contributed by atoms with E-state index in [-0.39, 0.29) is 13.0 Å². The Morgan fingerprint density at radius 1 is 1.53 bits per heavy atom. The summed E-state index contributed by atoms with van der Waals surface area (Å²) in [6.07, 6.45) is 1.58. The van der Waals surface area contributed by atoms with Crippen molar-refractivity contribution >= 4 is 12.0 Å². The van der Waals surface area contributed by atoms with Crippen molar-refractivity contribution < 1.29 is 19.1 Å². The van der Waals surface area contributed by atoms with Crippen LogP contribution in [-0.4, -0.2) is 28.1 Å². The molecule has 1 aromatic heterocycles. The van der Waals surface area contributed by atoms with E-state index < -0.39 is 18.0 Å². The number of carbonyl (C=O) groups excluding carboxylic acids is 1. The van der Waals surface area contributed by atoms with Gasteiger partial charge < -0.3 is 20.2 Å². The molecule has 0 fully saturated rings. The summed E-state index contributed by atoms with van der Waals surface area (Å²) in [6, 6.07) is -1.59. The molecule has 3 N–H and O–H groups in total. The van der Waals surface area contributed by atoms with E-state index in [1.54, 1.807) is 13.8 Å². The SMILES string of the molecule is C=CCC(NC(=O)NCc1nc(C)c(C)o1)C(=O)O. The quantitative estimate of drug-likeness (QED) is 0.670. The van der Waals surface area contributed by atoms with Crippen molar-refractivity contribution in [1.29, 1.82) is 0 Å². The molecule has 1 aromatic rings. The summed E-state index contributed by atoms with van der Waals surface area (Å²) in [5.41, 5.74) is 0.757. The van der Waals surface area contributed by atoms with Crippen molar-refractivity contribution in [2.24, 2.45) is 0 Å². The topological polar surface area (TPSA) is 104 Å². The van der Waals surface area contributed by atoms with Crippen molar-refractivity contribution in [3.05, 3.63) is 30.0 Å². The number of aryl methyl sites for hydroxylation is 2. The summed E-state index contributed by atoms with van der Waals surface area (Å²) in [7, 11) is 0. The molecule has 0 aliphatic carbocycles. The van der Waals surface area contributed by atoms with Crippen LogP contribution in [-0.2, 0) is 11.3 Å². The Bertz CT molecular complexity index is 462. The van der Waals surface area contributed by atoms with Crippen LogP contribution in [0.5, 0.6) is 0 Å². The van der Waals surface area contributed by atoms with E-state index in [1.807, 2.05) is 0 Å². The predicted octanol–water partition coefficient (Wildman–Crippen LogP) is 1.12. The van der Waals surface area contributed by atoms with Gasteiger partial charge >= 0.3 is 12.0 Å². The van der Waals surface area contributed by atoms with Crippen LogP contribution in [0.15, 0.2) is 17.1 Å². The van der Waals surface area contributed by atoms with E-state index in [0.717, 1.165) is 5.69 Å². The van der Waals surface area contributed by atoms with Gasteiger partial charge in [0, 0.05) is 0 Å². The third kappa shape index (κ3) is 4.46. The number of aromatic nitrogens is 1. The largest absolute Gasteiger partial charge is 0.480 e. The number of oxazole rings is 1. The van der Waals surface area contributed by atoms with E-state index in [0.29, 0.717) is 11.7 Å². The molecule has 7 heteroatoms. The van der Waals surface area contributed by atoms with Gasteiger partial charge in [-0.2, -0.15) is 0 Å². The lowest BCUT2D eigenvalue weighted by Gasteiger charge is -2.12. The maximum atomic E-state index is 11.5. The minimum absolute atomic E-state index is 0.0982. The van der Waals surface area contributed by atoms with Gasteiger partial charge in [0.1, 0.15) is 11.8 Å². The zero-order valence-corrected chi connectivity index (χ0v) is 10.9. The first-order chi connectivity index (χ1) is 8.93. The summed E-state index contributed by atoms with van der Waals surface area (Å²) >= 11 is 0. The molecule has 19 heavy (non-hydrogen) atoms. The van der Waals surface area contributed by atoms with E-state index >= 15 is 0 Å². The van der Waals surface area contributed by atoms with Gasteiger partial charge in [-0.3, -0.25) is 0 Å². The summed E-state index contributed by atoms with van der Waals surface area (Å²) < 4.78 is 5.28. The average molecular weight is 267 g/mol. The number of urea groups is 1. The minimum Gasteiger partial charge on any atom is -0.480 e. The molecule has 0 aliphatic rings. The lowest BCUT2D eigenvalue weighted by Crippen LogP contribution is -2.45. The van der Waals surface area contributed by atoms with Crippen LogP contribution in [0.1, 0.15) is 23.8 Å². The average Bonchev–Trinajstić information content (AvgIpc) is 2.65. The first-order valence-corrected chi connectivity index (χ1v) is 5.75. The van der Waals surface area contributed by atoms with Crippen molar-refractivity contribution in [3.63, 3.8) is 0 Å². The molecule has 0 bridgehead atoms. The molecule has 104 valence electrons. The Morgan fingerprint density at radius 2 is 2.21 bits per heavy atom. The van der Waals surface area contributed by atoms with Crippen LogP contribution in [0.2, 0.25) is 0 Å². The molecule has 1 unspecified atom stereocenters. The van der Waals surface area contributed by atoms with Gasteiger partial charge in [0.05, 0.1) is 12.2 Å². The number of hydrogen-bond acceptors (Lipinski definition) is 4. The lowest BCUT2D eigenvalue weighted by molar-refractivity contribution is -0.139. The fourth-order valence-corrected chi connectivity index (χ4v) is 1.37. The molecule has 1 heterocycles. The van der Waals surface area contributed by atoms with E-state index in [9.17, 15) is 9.59 Å². The Morgan fingerprint density at radius 3 is 2.68 bits per heavy atom. The number of hydrogen-bond donors (Lipinski definition) is 3. The van der Waals surface area contributed by atoms with Crippen LogP contribution < -0.4 is 10.6 Å². The molecule has 7 nitrogen and oxygen atoms in total. The normalized spacial score (nSPS) is 11.7. The highest BCUT2D eigenvalue weighted by Gasteiger charge is 2.18. The van der Waals surface area contributed by atoms with Gasteiger partial charge in [0.2, 0.25) is 5.89 Å². The van der Waals surface area contributed by atoms with Crippen LogP contribution in [0.25, 0.3) is 0 Å². The van der Waals surface area contributed by atoms with Gasteiger partial charge in [0.15, 0.2) is 0 Å². The highest BCUT2D eigenvalue weighted by atomic mass is 16.4. The Balaban J connectivity index is 2.46. The highest BCUT2D eigenvalue weighted by Crippen LogP contribution is 2.07. The first kappa shape index (κ1) is 14.7. The van der Waals surface area contributed by atoms with Crippen LogP contribution in [0.3, 0.4) is 0 Å². The van der Waals surface area contributed by atoms with Gasteiger partial charge in [-0.05, 0) is 20.3 Å². The number of nitrogens with zero attached hydrogens (tertiary/aromatic N) is 1. The number of amides is 2. The molecule has 2 amide bonds. The molecule has 0 saturated heterocycles. The molecule has 0 saturated carbocycles. The number of carbonyl (C=O) groups is 2. The minimum atomic E-state index is -1.11. The molecule has 0 aliphatic heterocycles. The summed E-state index contributed by atoms with van der Waals surface area (Å²) in [5, 5.41) is 13.7. The van der Waals surface area contributed by atoms with Crippen LogP contribution >= 0.6 is 0 Å². The maximum absolute atomic E-state index is 11.5. The Hall–Kier alpha value is -2.31. The monoisotopic (exact) mass is 267 g/mol. The summed E-state index contributed by atoms with van der Waals surface area (Å²) in [4.78, 5) is 26.4. The Labute approximate surface area is 110 Å². The molecule has 1 atom stereocenters.